The van der Waals surface area contributed by atoms with Crippen LogP contribution in [-0.4, -0.2) is 43.6 Å². The standard InChI is InChI=1S/C18H22N6O/c25-18(24-10-4-1-5-16(24)14-11-20-21-12-14)19-8-7-15-13-23-9-3-2-6-17(23)22-15/h2-3,6,9,11-13,16H,1,4-5,7-8,10H2,(H,19,25)(H,20,21). The van der Waals surface area contributed by atoms with Crippen LogP contribution in [0.25, 0.3) is 5.65 Å². The lowest BCUT2D eigenvalue weighted by molar-refractivity contribution is 0.151. The molecule has 25 heavy (non-hydrogen) atoms. The first kappa shape index (κ1) is 15.7. The van der Waals surface area contributed by atoms with E-state index in [1.54, 1.807) is 0 Å². The van der Waals surface area contributed by atoms with Gasteiger partial charge in [-0.1, -0.05) is 6.07 Å². The Kier molecular flexibility index (Phi) is 4.37. The molecule has 1 aliphatic rings. The lowest BCUT2D eigenvalue weighted by Gasteiger charge is -2.35. The van der Waals surface area contributed by atoms with E-state index >= 15 is 0 Å². The van der Waals surface area contributed by atoms with Crippen LogP contribution < -0.4 is 5.32 Å². The van der Waals surface area contributed by atoms with E-state index in [-0.39, 0.29) is 12.1 Å². The monoisotopic (exact) mass is 338 g/mol. The summed E-state index contributed by atoms with van der Waals surface area (Å²) in [4.78, 5) is 19.1. The number of hydrogen-bond donors (Lipinski definition) is 2. The summed E-state index contributed by atoms with van der Waals surface area (Å²) in [7, 11) is 0. The lowest BCUT2D eigenvalue weighted by Crippen LogP contribution is -2.45. The molecular formula is C18H22N6O. The number of H-pyrrole nitrogens is 1. The number of piperidine rings is 1. The minimum atomic E-state index is -0.00494. The predicted octanol–water partition coefficient (Wildman–Crippen LogP) is 2.54. The van der Waals surface area contributed by atoms with E-state index in [4.69, 9.17) is 0 Å². The third kappa shape index (κ3) is 3.35. The first-order chi connectivity index (χ1) is 12.3. The third-order valence-corrected chi connectivity index (χ3v) is 4.74. The highest BCUT2D eigenvalue weighted by Gasteiger charge is 2.28. The summed E-state index contributed by atoms with van der Waals surface area (Å²) in [5.41, 5.74) is 2.99. The Bertz CT molecular complexity index is 807. The number of urea groups is 1. The largest absolute Gasteiger partial charge is 0.338 e. The molecule has 0 bridgehead atoms. The number of likely N-dealkylation sites (tertiary alicyclic amines) is 1. The number of aromatic amines is 1. The summed E-state index contributed by atoms with van der Waals surface area (Å²) in [6, 6.07) is 6.04. The highest BCUT2D eigenvalue weighted by Crippen LogP contribution is 2.30. The van der Waals surface area contributed by atoms with Crippen molar-refractivity contribution in [3.8, 4) is 0 Å². The lowest BCUT2D eigenvalue weighted by atomic mass is 9.98. The number of amides is 2. The summed E-state index contributed by atoms with van der Waals surface area (Å²) in [5.74, 6) is 0. The summed E-state index contributed by atoms with van der Waals surface area (Å²) in [5, 5.41) is 9.91. The average molecular weight is 338 g/mol. The molecular weight excluding hydrogens is 316 g/mol. The number of nitrogens with one attached hydrogen (secondary N) is 2. The smallest absolute Gasteiger partial charge is 0.317 e. The van der Waals surface area contributed by atoms with Crippen molar-refractivity contribution in [2.24, 2.45) is 0 Å². The van der Waals surface area contributed by atoms with Gasteiger partial charge in [0.15, 0.2) is 0 Å². The molecule has 7 heteroatoms. The van der Waals surface area contributed by atoms with Crippen LogP contribution in [-0.2, 0) is 6.42 Å². The van der Waals surface area contributed by atoms with Crippen LogP contribution in [0.15, 0.2) is 43.0 Å². The maximum absolute atomic E-state index is 12.6. The number of carbonyl (C=O) groups excluding carboxylic acids is 1. The van der Waals surface area contributed by atoms with E-state index in [0.717, 1.165) is 49.1 Å². The van der Waals surface area contributed by atoms with E-state index in [2.05, 4.69) is 20.5 Å². The number of imidazole rings is 1. The Morgan fingerprint density at radius 3 is 3.16 bits per heavy atom. The van der Waals surface area contributed by atoms with Gasteiger partial charge in [-0.2, -0.15) is 5.10 Å². The summed E-state index contributed by atoms with van der Waals surface area (Å²) in [6.45, 7) is 1.37. The van der Waals surface area contributed by atoms with E-state index in [9.17, 15) is 4.79 Å². The molecule has 4 rings (SSSR count). The molecule has 1 fully saturated rings. The molecule has 3 aromatic heterocycles. The van der Waals surface area contributed by atoms with Crippen molar-refractivity contribution >= 4 is 11.7 Å². The highest BCUT2D eigenvalue weighted by atomic mass is 16.2. The zero-order valence-corrected chi connectivity index (χ0v) is 14.1. The molecule has 2 N–H and O–H groups in total. The van der Waals surface area contributed by atoms with Crippen molar-refractivity contribution < 1.29 is 4.79 Å². The number of rotatable bonds is 4. The van der Waals surface area contributed by atoms with Crippen LogP contribution in [0.2, 0.25) is 0 Å². The van der Waals surface area contributed by atoms with Gasteiger partial charge in [0, 0.05) is 43.7 Å². The summed E-state index contributed by atoms with van der Waals surface area (Å²) in [6.07, 6.45) is 11.6. The van der Waals surface area contributed by atoms with Gasteiger partial charge in [0.05, 0.1) is 17.9 Å². The molecule has 1 saturated heterocycles. The zero-order valence-electron chi connectivity index (χ0n) is 14.1. The van der Waals surface area contributed by atoms with Gasteiger partial charge in [-0.15, -0.1) is 0 Å². The predicted molar refractivity (Wildman–Crippen MR) is 94.2 cm³/mol. The fourth-order valence-corrected chi connectivity index (χ4v) is 3.47. The third-order valence-electron chi connectivity index (χ3n) is 4.74. The van der Waals surface area contributed by atoms with E-state index in [1.165, 1.54) is 0 Å². The SMILES string of the molecule is O=C(NCCc1cn2ccccc2n1)N1CCCCC1c1cn[nH]c1. The molecule has 2 amide bonds. The van der Waals surface area contributed by atoms with Gasteiger partial charge in [-0.25, -0.2) is 9.78 Å². The maximum atomic E-state index is 12.6. The number of fused-ring (bicyclic) bond motifs is 1. The second-order valence-corrected chi connectivity index (χ2v) is 6.42. The van der Waals surface area contributed by atoms with Crippen molar-refractivity contribution in [3.63, 3.8) is 0 Å². The molecule has 0 spiro atoms. The molecule has 0 aromatic carbocycles. The number of nitrogens with zero attached hydrogens (tertiary/aromatic N) is 4. The Morgan fingerprint density at radius 2 is 2.32 bits per heavy atom. The van der Waals surface area contributed by atoms with Gasteiger partial charge in [0.25, 0.3) is 0 Å². The molecule has 4 heterocycles. The van der Waals surface area contributed by atoms with Crippen molar-refractivity contribution in [1.29, 1.82) is 0 Å². The topological polar surface area (TPSA) is 78.3 Å². The van der Waals surface area contributed by atoms with Gasteiger partial charge in [-0.3, -0.25) is 5.10 Å². The van der Waals surface area contributed by atoms with E-state index < -0.39 is 0 Å². The second-order valence-electron chi connectivity index (χ2n) is 6.42. The van der Waals surface area contributed by atoms with E-state index in [0.29, 0.717) is 6.54 Å². The van der Waals surface area contributed by atoms with Gasteiger partial charge >= 0.3 is 6.03 Å². The van der Waals surface area contributed by atoms with Crippen molar-refractivity contribution in [2.75, 3.05) is 13.1 Å². The Hall–Kier alpha value is -2.83. The van der Waals surface area contributed by atoms with Crippen LogP contribution in [0, 0.1) is 0 Å². The number of aromatic nitrogens is 4. The molecule has 0 aliphatic carbocycles. The summed E-state index contributed by atoms with van der Waals surface area (Å²) < 4.78 is 2.00. The van der Waals surface area contributed by atoms with Crippen LogP contribution in [0.5, 0.6) is 0 Å². The first-order valence-corrected chi connectivity index (χ1v) is 8.77. The van der Waals surface area contributed by atoms with Crippen molar-refractivity contribution in [2.45, 2.75) is 31.7 Å². The molecule has 1 atom stereocenters. The molecule has 3 aromatic rings. The van der Waals surface area contributed by atoms with Crippen molar-refractivity contribution in [1.82, 2.24) is 29.8 Å². The molecule has 0 saturated carbocycles. The zero-order chi connectivity index (χ0) is 17.1. The molecule has 1 unspecified atom stereocenters. The van der Waals surface area contributed by atoms with Crippen LogP contribution in [0.4, 0.5) is 4.79 Å². The van der Waals surface area contributed by atoms with Gasteiger partial charge < -0.3 is 14.6 Å². The van der Waals surface area contributed by atoms with Crippen LogP contribution in [0.1, 0.15) is 36.6 Å². The molecule has 1 aliphatic heterocycles. The normalized spacial score (nSPS) is 17.8. The number of carbonyl (C=O) groups is 1. The Labute approximate surface area is 146 Å². The quantitative estimate of drug-likeness (QED) is 0.767. The average Bonchev–Trinajstić information content (AvgIpc) is 3.31. The first-order valence-electron chi connectivity index (χ1n) is 8.77. The highest BCUT2D eigenvalue weighted by molar-refractivity contribution is 5.74. The van der Waals surface area contributed by atoms with Crippen LogP contribution >= 0.6 is 0 Å². The van der Waals surface area contributed by atoms with Gasteiger partial charge in [-0.05, 0) is 31.4 Å². The Balaban J connectivity index is 1.36. The number of pyridine rings is 1. The molecule has 130 valence electrons. The van der Waals surface area contributed by atoms with E-state index in [1.807, 2.05) is 52.3 Å². The second kappa shape index (κ2) is 6.96. The fraction of sp³-hybridized carbons (Fsp3) is 0.389. The minimum absolute atomic E-state index is 0.00494. The molecule has 7 nitrogen and oxygen atoms in total. The Morgan fingerprint density at radius 1 is 1.36 bits per heavy atom. The number of hydrogen-bond acceptors (Lipinski definition) is 3. The molecule has 0 radical (unpaired) electrons. The minimum Gasteiger partial charge on any atom is -0.338 e. The van der Waals surface area contributed by atoms with Gasteiger partial charge in [0.2, 0.25) is 0 Å². The maximum Gasteiger partial charge on any atom is 0.317 e. The van der Waals surface area contributed by atoms with Gasteiger partial charge in [0.1, 0.15) is 5.65 Å². The van der Waals surface area contributed by atoms with Crippen molar-refractivity contribution in [3.05, 3.63) is 54.2 Å². The summed E-state index contributed by atoms with van der Waals surface area (Å²) >= 11 is 0. The van der Waals surface area contributed by atoms with Crippen LogP contribution in [0.3, 0.4) is 0 Å². The fourth-order valence-electron chi connectivity index (χ4n) is 3.47.